The maximum atomic E-state index is 13.5. The smallest absolute Gasteiger partial charge is 0.395 e. The normalized spacial score (nSPS) is 20.7. The Morgan fingerprint density at radius 2 is 1.85 bits per heavy atom. The van der Waals surface area contributed by atoms with E-state index in [-0.39, 0.29) is 10.8 Å². The van der Waals surface area contributed by atoms with Crippen LogP contribution in [0, 0.1) is 11.6 Å². The Balaban J connectivity index is 2.36. The van der Waals surface area contributed by atoms with Crippen LogP contribution >= 0.6 is 23.4 Å². The molecule has 1 aliphatic heterocycles. The lowest BCUT2D eigenvalue weighted by atomic mass is 9.91. The monoisotopic (exact) mass is 437 g/mol. The molecule has 0 saturated heterocycles. The number of thioether (sulfide) groups is 1. The number of sulfonamides is 1. The minimum absolute atomic E-state index is 0.0255. The third-order valence-corrected chi connectivity index (χ3v) is 7.41. The molecule has 1 aromatic rings. The van der Waals surface area contributed by atoms with Crippen molar-refractivity contribution in [1.82, 2.24) is 4.72 Å². The van der Waals surface area contributed by atoms with E-state index >= 15 is 0 Å². The molecule has 3 atom stereocenters. The molecule has 0 spiro atoms. The van der Waals surface area contributed by atoms with E-state index in [1.54, 1.807) is 4.72 Å². The summed E-state index contributed by atoms with van der Waals surface area (Å²) in [6.07, 6.45) is -3.70. The van der Waals surface area contributed by atoms with E-state index in [0.29, 0.717) is 18.2 Å². The summed E-state index contributed by atoms with van der Waals surface area (Å²) in [6, 6.07) is -0.791. The fraction of sp³-hybridized carbons (Fsp3) is 0.429. The number of halogens is 6. The Hall–Kier alpha value is -0.880. The summed E-state index contributed by atoms with van der Waals surface area (Å²) in [5.74, 6) is -5.16. The highest BCUT2D eigenvalue weighted by atomic mass is 35.5. The Kier molecular flexibility index (Phi) is 6.60. The Labute approximate surface area is 155 Å². The molecule has 12 heteroatoms. The van der Waals surface area contributed by atoms with Gasteiger partial charge >= 0.3 is 6.18 Å². The van der Waals surface area contributed by atoms with Gasteiger partial charge in [0.2, 0.25) is 10.0 Å². The van der Waals surface area contributed by atoms with E-state index < -0.39 is 56.5 Å². The van der Waals surface area contributed by atoms with Gasteiger partial charge in [0.05, 0.1) is 22.9 Å². The number of aliphatic hydroxyl groups is 1. The Bertz CT molecular complexity index is 780. The van der Waals surface area contributed by atoms with Crippen molar-refractivity contribution in [2.75, 3.05) is 6.61 Å². The van der Waals surface area contributed by atoms with Crippen LogP contribution in [0.25, 0.3) is 0 Å². The topological polar surface area (TPSA) is 66.4 Å². The zero-order valence-corrected chi connectivity index (χ0v) is 15.2. The maximum absolute atomic E-state index is 13.5. The predicted molar refractivity (Wildman–Crippen MR) is 88.0 cm³/mol. The van der Waals surface area contributed by atoms with Gasteiger partial charge in [0.25, 0.3) is 0 Å². The van der Waals surface area contributed by atoms with Crippen molar-refractivity contribution in [2.24, 2.45) is 0 Å². The molecule has 1 unspecified atom stereocenters. The van der Waals surface area contributed by atoms with Crippen LogP contribution in [0.5, 0.6) is 0 Å². The van der Waals surface area contributed by atoms with Crippen LogP contribution in [0.15, 0.2) is 28.6 Å². The molecular weight excluding hydrogens is 425 g/mol. The number of alkyl halides is 3. The van der Waals surface area contributed by atoms with Crippen molar-refractivity contribution in [2.45, 2.75) is 29.1 Å². The summed E-state index contributed by atoms with van der Waals surface area (Å²) in [5, 5.41) is 9.36. The van der Waals surface area contributed by atoms with Gasteiger partial charge in [-0.2, -0.15) is 13.2 Å². The molecule has 2 N–H and O–H groups in total. The summed E-state index contributed by atoms with van der Waals surface area (Å²) in [6.45, 7) is -1.24. The van der Waals surface area contributed by atoms with Gasteiger partial charge in [-0.3, -0.25) is 0 Å². The molecule has 1 aliphatic rings. The van der Waals surface area contributed by atoms with Crippen LogP contribution in [-0.4, -0.2) is 36.9 Å². The number of rotatable bonds is 6. The van der Waals surface area contributed by atoms with Crippen LogP contribution < -0.4 is 4.72 Å². The van der Waals surface area contributed by atoms with Gasteiger partial charge in [0, 0.05) is 6.07 Å². The number of benzene rings is 1. The number of allylic oxidation sites excluding steroid dienone is 1. The zero-order chi connectivity index (χ0) is 19.7. The molecule has 2 rings (SSSR count). The van der Waals surface area contributed by atoms with Crippen molar-refractivity contribution in [3.8, 4) is 0 Å². The third-order valence-electron chi connectivity index (χ3n) is 3.57. The summed E-state index contributed by atoms with van der Waals surface area (Å²) in [7, 11) is -4.31. The van der Waals surface area contributed by atoms with E-state index in [1.165, 1.54) is 6.08 Å². The summed E-state index contributed by atoms with van der Waals surface area (Å²) < 4.78 is 92.6. The summed E-state index contributed by atoms with van der Waals surface area (Å²) in [5.41, 5.74) is -0.841. The molecular formula is C14H13ClF5NO3S2. The van der Waals surface area contributed by atoms with E-state index in [9.17, 15) is 35.5 Å². The highest BCUT2D eigenvalue weighted by molar-refractivity contribution is 8.16. The summed E-state index contributed by atoms with van der Waals surface area (Å²) >= 11 is 6.41. The molecule has 0 radical (unpaired) electrons. The van der Waals surface area contributed by atoms with Gasteiger partial charge in [-0.15, -0.1) is 0 Å². The number of hydrogen-bond acceptors (Lipinski definition) is 4. The van der Waals surface area contributed by atoms with Crippen molar-refractivity contribution >= 4 is 33.4 Å². The fourth-order valence-electron chi connectivity index (χ4n) is 2.50. The molecule has 0 amide bonds. The second-order valence-electron chi connectivity index (χ2n) is 5.47. The van der Waals surface area contributed by atoms with Gasteiger partial charge in [0.1, 0.15) is 16.2 Å². The average molecular weight is 438 g/mol. The van der Waals surface area contributed by atoms with Crippen LogP contribution in [0.2, 0.25) is 0 Å². The second-order valence-corrected chi connectivity index (χ2v) is 9.53. The highest BCUT2D eigenvalue weighted by Gasteiger charge is 2.48. The van der Waals surface area contributed by atoms with Crippen LogP contribution in [0.3, 0.4) is 0 Å². The SMILES string of the molecule is O=S(=O)(N[C@H](CO)[C@@H](c1cc(F)cc(F)c1)C(F)(F)F)C1CC=C(Cl)S1. The first-order chi connectivity index (χ1) is 11.9. The number of hydrogen-bond donors (Lipinski definition) is 2. The van der Waals surface area contributed by atoms with Gasteiger partial charge in [0.15, 0.2) is 0 Å². The predicted octanol–water partition coefficient (Wildman–Crippen LogP) is 3.43. The van der Waals surface area contributed by atoms with Gasteiger partial charge < -0.3 is 5.11 Å². The van der Waals surface area contributed by atoms with Crippen molar-refractivity contribution in [3.05, 3.63) is 45.8 Å². The first kappa shape index (κ1) is 21.4. The number of aliphatic hydroxyl groups excluding tert-OH is 1. The first-order valence-corrected chi connectivity index (χ1v) is 9.91. The molecule has 0 saturated carbocycles. The number of nitrogens with one attached hydrogen (secondary N) is 1. The van der Waals surface area contributed by atoms with Gasteiger partial charge in [-0.05, 0) is 24.1 Å². The maximum Gasteiger partial charge on any atom is 0.397 e. The largest absolute Gasteiger partial charge is 0.397 e. The lowest BCUT2D eigenvalue weighted by Crippen LogP contribution is -2.48. The molecule has 1 aromatic carbocycles. The lowest BCUT2D eigenvalue weighted by Gasteiger charge is -2.29. The fourth-order valence-corrected chi connectivity index (χ4v) is 5.83. The second kappa shape index (κ2) is 8.01. The van der Waals surface area contributed by atoms with Crippen LogP contribution in [-0.2, 0) is 10.0 Å². The minimum atomic E-state index is -5.07. The molecule has 0 fully saturated rings. The van der Waals surface area contributed by atoms with Gasteiger partial charge in [-0.25, -0.2) is 21.9 Å². The van der Waals surface area contributed by atoms with E-state index in [4.69, 9.17) is 11.6 Å². The van der Waals surface area contributed by atoms with Crippen molar-refractivity contribution in [3.63, 3.8) is 0 Å². The van der Waals surface area contributed by atoms with E-state index in [0.717, 1.165) is 11.8 Å². The first-order valence-electron chi connectivity index (χ1n) is 7.11. The van der Waals surface area contributed by atoms with Gasteiger partial charge in [-0.1, -0.05) is 29.4 Å². The molecule has 26 heavy (non-hydrogen) atoms. The Morgan fingerprint density at radius 3 is 2.27 bits per heavy atom. The van der Waals surface area contributed by atoms with Crippen molar-refractivity contribution < 1.29 is 35.5 Å². The van der Waals surface area contributed by atoms with Crippen molar-refractivity contribution in [1.29, 1.82) is 0 Å². The minimum Gasteiger partial charge on any atom is -0.395 e. The van der Waals surface area contributed by atoms with Crippen LogP contribution in [0.4, 0.5) is 22.0 Å². The summed E-state index contributed by atoms with van der Waals surface area (Å²) in [4.78, 5) is 0. The van der Waals surface area contributed by atoms with E-state index in [2.05, 4.69) is 0 Å². The highest BCUT2D eigenvalue weighted by Crippen LogP contribution is 2.40. The molecule has 0 bridgehead atoms. The lowest BCUT2D eigenvalue weighted by molar-refractivity contribution is -0.158. The molecule has 0 aliphatic carbocycles. The third kappa shape index (κ3) is 5.10. The average Bonchev–Trinajstić information content (AvgIpc) is 2.91. The molecule has 146 valence electrons. The molecule has 4 nitrogen and oxygen atoms in total. The quantitative estimate of drug-likeness (QED) is 0.669. The zero-order valence-electron chi connectivity index (χ0n) is 12.8. The molecule has 1 heterocycles. The standard InChI is InChI=1S/C14H13ClF5NO3S2/c15-11-1-2-12(25-11)26(23,24)21-10(6-22)13(14(18,19)20)7-3-8(16)5-9(17)4-7/h1,3-5,10,12-13,21-22H,2,6H2/t10-,12?,13-/m1/s1. The van der Waals surface area contributed by atoms with E-state index in [1.807, 2.05) is 0 Å². The molecule has 0 aromatic heterocycles. The van der Waals surface area contributed by atoms with Crippen LogP contribution in [0.1, 0.15) is 17.9 Å². The Morgan fingerprint density at radius 1 is 1.27 bits per heavy atom.